The van der Waals surface area contributed by atoms with Crippen LogP contribution in [0.1, 0.15) is 17.5 Å². The van der Waals surface area contributed by atoms with Crippen LogP contribution in [0.4, 0.5) is 15.8 Å². The van der Waals surface area contributed by atoms with Gasteiger partial charge in [0.05, 0.1) is 0 Å². The van der Waals surface area contributed by atoms with Crippen LogP contribution in [0.15, 0.2) is 42.5 Å². The Morgan fingerprint density at radius 1 is 1.29 bits per heavy atom. The summed E-state index contributed by atoms with van der Waals surface area (Å²) in [5, 5.41) is 6.10. The molecular formula is C17H17FN2O. The molecule has 0 saturated heterocycles. The van der Waals surface area contributed by atoms with Crippen molar-refractivity contribution in [1.82, 2.24) is 0 Å². The Hall–Kier alpha value is -2.36. The molecule has 1 aliphatic rings. The lowest BCUT2D eigenvalue weighted by Crippen LogP contribution is -2.37. The van der Waals surface area contributed by atoms with Gasteiger partial charge in [-0.15, -0.1) is 0 Å². The molecule has 0 spiro atoms. The Kier molecular flexibility index (Phi) is 3.60. The summed E-state index contributed by atoms with van der Waals surface area (Å²) in [6.07, 6.45) is 1.63. The summed E-state index contributed by atoms with van der Waals surface area (Å²) in [6.45, 7) is 1.68. The molecule has 1 unspecified atom stereocenters. The number of aryl methyl sites for hydroxylation is 2. The van der Waals surface area contributed by atoms with Gasteiger partial charge in [0.1, 0.15) is 11.9 Å². The number of rotatable bonds is 2. The van der Waals surface area contributed by atoms with Crippen molar-refractivity contribution in [3.05, 3.63) is 59.4 Å². The minimum absolute atomic E-state index is 0.0875. The minimum atomic E-state index is -0.266. The highest BCUT2D eigenvalue weighted by molar-refractivity contribution is 5.97. The maximum absolute atomic E-state index is 13.2. The molecule has 4 heteroatoms. The van der Waals surface area contributed by atoms with Crippen LogP contribution < -0.4 is 10.6 Å². The number of amides is 1. The van der Waals surface area contributed by atoms with Gasteiger partial charge < -0.3 is 10.6 Å². The van der Waals surface area contributed by atoms with Crippen molar-refractivity contribution < 1.29 is 9.18 Å². The lowest BCUT2D eigenvalue weighted by molar-refractivity contribution is -0.117. The molecule has 1 aliphatic heterocycles. The third kappa shape index (κ3) is 2.89. The monoisotopic (exact) mass is 284 g/mol. The molecule has 0 bridgehead atoms. The van der Waals surface area contributed by atoms with E-state index in [1.54, 1.807) is 19.1 Å². The first kappa shape index (κ1) is 13.6. The highest BCUT2D eigenvalue weighted by atomic mass is 19.1. The SMILES string of the molecule is Cc1cc(NC(=O)C2CCc3ccccc3N2)ccc1F. The lowest BCUT2D eigenvalue weighted by atomic mass is 9.97. The minimum Gasteiger partial charge on any atom is -0.373 e. The lowest BCUT2D eigenvalue weighted by Gasteiger charge is -2.26. The average Bonchev–Trinajstić information content (AvgIpc) is 2.50. The number of nitrogens with one attached hydrogen (secondary N) is 2. The van der Waals surface area contributed by atoms with Crippen molar-refractivity contribution in [2.75, 3.05) is 10.6 Å². The first-order chi connectivity index (χ1) is 10.1. The van der Waals surface area contributed by atoms with Crippen molar-refractivity contribution in [3.8, 4) is 0 Å². The average molecular weight is 284 g/mol. The predicted octanol–water partition coefficient (Wildman–Crippen LogP) is 3.50. The van der Waals surface area contributed by atoms with Crippen molar-refractivity contribution in [1.29, 1.82) is 0 Å². The number of anilines is 2. The van der Waals surface area contributed by atoms with Crippen LogP contribution >= 0.6 is 0 Å². The second kappa shape index (κ2) is 5.56. The van der Waals surface area contributed by atoms with Crippen LogP contribution in [0.3, 0.4) is 0 Å². The molecule has 0 fully saturated rings. The van der Waals surface area contributed by atoms with Gasteiger partial charge in [-0.1, -0.05) is 18.2 Å². The second-order valence-electron chi connectivity index (χ2n) is 5.35. The molecule has 0 radical (unpaired) electrons. The Morgan fingerprint density at radius 3 is 2.90 bits per heavy atom. The zero-order valence-corrected chi connectivity index (χ0v) is 11.8. The zero-order chi connectivity index (χ0) is 14.8. The molecular weight excluding hydrogens is 267 g/mol. The normalized spacial score (nSPS) is 16.8. The largest absolute Gasteiger partial charge is 0.373 e. The Bertz CT molecular complexity index is 684. The highest BCUT2D eigenvalue weighted by Gasteiger charge is 2.23. The fraction of sp³-hybridized carbons (Fsp3) is 0.235. The number of carbonyl (C=O) groups excluding carboxylic acids is 1. The standard InChI is InChI=1S/C17H17FN2O/c1-11-10-13(7-8-14(11)18)19-17(21)16-9-6-12-4-2-3-5-15(12)20-16/h2-5,7-8,10,16,20H,6,9H2,1H3,(H,19,21). The van der Waals surface area contributed by atoms with E-state index in [2.05, 4.69) is 16.7 Å². The van der Waals surface area contributed by atoms with E-state index in [0.717, 1.165) is 18.5 Å². The number of hydrogen-bond donors (Lipinski definition) is 2. The summed E-state index contributed by atoms with van der Waals surface area (Å²) >= 11 is 0. The molecule has 3 rings (SSSR count). The Balaban J connectivity index is 1.70. The molecule has 3 nitrogen and oxygen atoms in total. The second-order valence-corrected chi connectivity index (χ2v) is 5.35. The summed E-state index contributed by atoms with van der Waals surface area (Å²) in [7, 11) is 0. The van der Waals surface area contributed by atoms with Gasteiger partial charge in [-0.25, -0.2) is 4.39 Å². The van der Waals surface area contributed by atoms with Gasteiger partial charge >= 0.3 is 0 Å². The van der Waals surface area contributed by atoms with Gasteiger partial charge in [-0.3, -0.25) is 4.79 Å². The van der Waals surface area contributed by atoms with E-state index in [1.807, 2.05) is 18.2 Å². The third-order valence-electron chi connectivity index (χ3n) is 3.79. The quantitative estimate of drug-likeness (QED) is 0.886. The first-order valence-electron chi connectivity index (χ1n) is 7.05. The number of benzene rings is 2. The zero-order valence-electron chi connectivity index (χ0n) is 11.8. The summed E-state index contributed by atoms with van der Waals surface area (Å²) in [6, 6.07) is 12.3. The van der Waals surface area contributed by atoms with Crippen LogP contribution in [0.2, 0.25) is 0 Å². The van der Waals surface area contributed by atoms with Crippen LogP contribution in [-0.2, 0) is 11.2 Å². The molecule has 0 aliphatic carbocycles. The smallest absolute Gasteiger partial charge is 0.246 e. The van der Waals surface area contributed by atoms with Crippen molar-refractivity contribution in [2.45, 2.75) is 25.8 Å². The summed E-state index contributed by atoms with van der Waals surface area (Å²) in [5.74, 6) is -0.353. The maximum atomic E-state index is 13.2. The van der Waals surface area contributed by atoms with Crippen LogP contribution in [0.25, 0.3) is 0 Å². The number of carbonyl (C=O) groups is 1. The number of fused-ring (bicyclic) bond motifs is 1. The van der Waals surface area contributed by atoms with Crippen molar-refractivity contribution >= 4 is 17.3 Å². The van der Waals surface area contributed by atoms with Crippen LogP contribution in [-0.4, -0.2) is 11.9 Å². The van der Waals surface area contributed by atoms with Gasteiger partial charge in [0.15, 0.2) is 0 Å². The molecule has 0 saturated carbocycles. The topological polar surface area (TPSA) is 41.1 Å². The maximum Gasteiger partial charge on any atom is 0.246 e. The first-order valence-corrected chi connectivity index (χ1v) is 7.05. The summed E-state index contributed by atoms with van der Waals surface area (Å²) < 4.78 is 13.2. The van der Waals surface area contributed by atoms with Gasteiger partial charge in [-0.05, 0) is 55.2 Å². The number of hydrogen-bond acceptors (Lipinski definition) is 2. The molecule has 1 amide bonds. The highest BCUT2D eigenvalue weighted by Crippen LogP contribution is 2.25. The molecule has 1 heterocycles. The Morgan fingerprint density at radius 2 is 2.10 bits per heavy atom. The number of para-hydroxylation sites is 1. The van der Waals surface area contributed by atoms with E-state index in [9.17, 15) is 9.18 Å². The molecule has 108 valence electrons. The molecule has 0 aromatic heterocycles. The molecule has 21 heavy (non-hydrogen) atoms. The van der Waals surface area contributed by atoms with E-state index in [0.29, 0.717) is 11.3 Å². The fourth-order valence-corrected chi connectivity index (χ4v) is 2.59. The fourth-order valence-electron chi connectivity index (χ4n) is 2.59. The van der Waals surface area contributed by atoms with E-state index >= 15 is 0 Å². The molecule has 2 aromatic rings. The van der Waals surface area contributed by atoms with E-state index in [4.69, 9.17) is 0 Å². The van der Waals surface area contributed by atoms with Crippen LogP contribution in [0, 0.1) is 12.7 Å². The van der Waals surface area contributed by atoms with Crippen molar-refractivity contribution in [2.24, 2.45) is 0 Å². The summed E-state index contributed by atoms with van der Waals surface area (Å²) in [5.41, 5.74) is 3.40. The van der Waals surface area contributed by atoms with Gasteiger partial charge in [0, 0.05) is 11.4 Å². The van der Waals surface area contributed by atoms with E-state index in [-0.39, 0.29) is 17.8 Å². The molecule has 2 N–H and O–H groups in total. The third-order valence-corrected chi connectivity index (χ3v) is 3.79. The van der Waals surface area contributed by atoms with E-state index < -0.39 is 0 Å². The van der Waals surface area contributed by atoms with E-state index in [1.165, 1.54) is 11.6 Å². The van der Waals surface area contributed by atoms with Crippen molar-refractivity contribution in [3.63, 3.8) is 0 Å². The number of halogens is 1. The Labute approximate surface area is 123 Å². The molecule has 1 atom stereocenters. The van der Waals surface area contributed by atoms with Gasteiger partial charge in [-0.2, -0.15) is 0 Å². The van der Waals surface area contributed by atoms with Crippen LogP contribution in [0.5, 0.6) is 0 Å². The molecule has 2 aromatic carbocycles. The predicted molar refractivity (Wildman–Crippen MR) is 81.9 cm³/mol. The van der Waals surface area contributed by atoms with Gasteiger partial charge in [0.25, 0.3) is 0 Å². The summed E-state index contributed by atoms with van der Waals surface area (Å²) in [4.78, 5) is 12.3. The van der Waals surface area contributed by atoms with Gasteiger partial charge in [0.2, 0.25) is 5.91 Å².